The highest BCUT2D eigenvalue weighted by atomic mass is 16.5. The second-order valence-corrected chi connectivity index (χ2v) is 3.04. The first kappa shape index (κ1) is 10.9. The van der Waals surface area contributed by atoms with Crippen molar-refractivity contribution < 1.29 is 4.74 Å². The van der Waals surface area contributed by atoms with Crippen molar-refractivity contribution in [3.05, 3.63) is 0 Å². The van der Waals surface area contributed by atoms with Crippen LogP contribution in [-0.2, 0) is 4.74 Å². The van der Waals surface area contributed by atoms with E-state index in [4.69, 9.17) is 4.74 Å². The topological polar surface area (TPSA) is 21.3 Å². The maximum Gasteiger partial charge on any atom is 0.0615 e. The van der Waals surface area contributed by atoms with Crippen molar-refractivity contribution in [1.82, 2.24) is 5.32 Å². The minimum atomic E-state index is 0.523. The standard InChI is InChI=1S/C9H21NO/c1-5-8(3)10-9(6-2)7-11-4/h8-10H,5-7H2,1-4H3. The van der Waals surface area contributed by atoms with Crippen molar-refractivity contribution in [3.8, 4) is 0 Å². The minimum absolute atomic E-state index is 0.523. The lowest BCUT2D eigenvalue weighted by Gasteiger charge is -2.20. The molecule has 0 radical (unpaired) electrons. The van der Waals surface area contributed by atoms with Gasteiger partial charge in [0.15, 0.2) is 0 Å². The molecular formula is C9H21NO. The van der Waals surface area contributed by atoms with E-state index in [2.05, 4.69) is 26.1 Å². The van der Waals surface area contributed by atoms with Crippen LogP contribution in [0.1, 0.15) is 33.6 Å². The molecule has 1 N–H and O–H groups in total. The van der Waals surface area contributed by atoms with Gasteiger partial charge >= 0.3 is 0 Å². The van der Waals surface area contributed by atoms with Crippen LogP contribution < -0.4 is 5.32 Å². The molecule has 2 atom stereocenters. The third-order valence-corrected chi connectivity index (χ3v) is 1.99. The molecule has 0 amide bonds. The molecule has 0 aromatic carbocycles. The Morgan fingerprint density at radius 1 is 1.27 bits per heavy atom. The molecule has 0 spiro atoms. The van der Waals surface area contributed by atoms with Gasteiger partial charge in [-0.25, -0.2) is 0 Å². The summed E-state index contributed by atoms with van der Waals surface area (Å²) >= 11 is 0. The summed E-state index contributed by atoms with van der Waals surface area (Å²) in [5, 5.41) is 3.49. The molecule has 0 bridgehead atoms. The molecular weight excluding hydrogens is 138 g/mol. The molecule has 0 aromatic heterocycles. The smallest absolute Gasteiger partial charge is 0.0615 e. The summed E-state index contributed by atoms with van der Waals surface area (Å²) in [6.07, 6.45) is 2.32. The van der Waals surface area contributed by atoms with Crippen LogP contribution in [0.25, 0.3) is 0 Å². The molecule has 0 aliphatic carbocycles. The van der Waals surface area contributed by atoms with Gasteiger partial charge in [-0.3, -0.25) is 0 Å². The average Bonchev–Trinajstić information content (AvgIpc) is 2.03. The second-order valence-electron chi connectivity index (χ2n) is 3.04. The van der Waals surface area contributed by atoms with E-state index in [9.17, 15) is 0 Å². The zero-order chi connectivity index (χ0) is 8.69. The number of nitrogens with one attached hydrogen (secondary N) is 1. The lowest BCUT2D eigenvalue weighted by Crippen LogP contribution is -2.38. The van der Waals surface area contributed by atoms with E-state index in [0.29, 0.717) is 12.1 Å². The van der Waals surface area contributed by atoms with Crippen molar-refractivity contribution in [2.45, 2.75) is 45.7 Å². The van der Waals surface area contributed by atoms with Crippen LogP contribution in [0.2, 0.25) is 0 Å². The molecule has 11 heavy (non-hydrogen) atoms. The van der Waals surface area contributed by atoms with Gasteiger partial charge in [-0.1, -0.05) is 13.8 Å². The Balaban J connectivity index is 3.49. The van der Waals surface area contributed by atoms with Gasteiger partial charge in [0.05, 0.1) is 6.61 Å². The van der Waals surface area contributed by atoms with Crippen molar-refractivity contribution >= 4 is 0 Å². The molecule has 2 nitrogen and oxygen atoms in total. The predicted molar refractivity (Wildman–Crippen MR) is 48.8 cm³/mol. The van der Waals surface area contributed by atoms with Gasteiger partial charge in [0.1, 0.15) is 0 Å². The molecule has 68 valence electrons. The third-order valence-electron chi connectivity index (χ3n) is 1.99. The van der Waals surface area contributed by atoms with E-state index >= 15 is 0 Å². The summed E-state index contributed by atoms with van der Waals surface area (Å²) in [4.78, 5) is 0. The average molecular weight is 159 g/mol. The van der Waals surface area contributed by atoms with E-state index < -0.39 is 0 Å². The van der Waals surface area contributed by atoms with Crippen LogP contribution in [0.15, 0.2) is 0 Å². The van der Waals surface area contributed by atoms with Gasteiger partial charge in [0, 0.05) is 19.2 Å². The monoisotopic (exact) mass is 159 g/mol. The molecule has 0 aliphatic rings. The van der Waals surface area contributed by atoms with Crippen LogP contribution in [0.3, 0.4) is 0 Å². The van der Waals surface area contributed by atoms with E-state index in [1.807, 2.05) is 0 Å². The van der Waals surface area contributed by atoms with Crippen LogP contribution >= 0.6 is 0 Å². The van der Waals surface area contributed by atoms with Crippen LogP contribution in [0.4, 0.5) is 0 Å². The SMILES string of the molecule is CCC(C)NC(CC)COC. The minimum Gasteiger partial charge on any atom is -0.383 e. The van der Waals surface area contributed by atoms with E-state index in [1.165, 1.54) is 6.42 Å². The molecule has 0 aromatic rings. The van der Waals surface area contributed by atoms with Crippen molar-refractivity contribution in [1.29, 1.82) is 0 Å². The quantitative estimate of drug-likeness (QED) is 0.638. The van der Waals surface area contributed by atoms with Gasteiger partial charge in [0.25, 0.3) is 0 Å². The van der Waals surface area contributed by atoms with E-state index in [1.54, 1.807) is 7.11 Å². The predicted octanol–water partition coefficient (Wildman–Crippen LogP) is 1.80. The molecule has 2 unspecified atom stereocenters. The maximum absolute atomic E-state index is 5.08. The van der Waals surface area contributed by atoms with Crippen molar-refractivity contribution in [2.24, 2.45) is 0 Å². The molecule has 0 heterocycles. The lowest BCUT2D eigenvalue weighted by atomic mass is 10.2. The zero-order valence-corrected chi connectivity index (χ0v) is 8.18. The van der Waals surface area contributed by atoms with Gasteiger partial charge < -0.3 is 10.1 Å². The van der Waals surface area contributed by atoms with Gasteiger partial charge in [0.2, 0.25) is 0 Å². The Bertz CT molecular complexity index is 85.6. The number of ether oxygens (including phenoxy) is 1. The number of hydrogen-bond donors (Lipinski definition) is 1. The molecule has 0 saturated carbocycles. The summed E-state index contributed by atoms with van der Waals surface area (Å²) in [7, 11) is 1.75. The van der Waals surface area contributed by atoms with Gasteiger partial charge in [-0.2, -0.15) is 0 Å². The highest BCUT2D eigenvalue weighted by Gasteiger charge is 2.07. The van der Waals surface area contributed by atoms with Crippen LogP contribution in [0, 0.1) is 0 Å². The fourth-order valence-corrected chi connectivity index (χ4v) is 1.01. The fraction of sp³-hybridized carbons (Fsp3) is 1.00. The summed E-state index contributed by atoms with van der Waals surface area (Å²) in [6.45, 7) is 7.40. The van der Waals surface area contributed by atoms with E-state index in [-0.39, 0.29) is 0 Å². The first-order valence-electron chi connectivity index (χ1n) is 4.49. The van der Waals surface area contributed by atoms with E-state index in [0.717, 1.165) is 13.0 Å². The Kier molecular flexibility index (Phi) is 6.57. The summed E-state index contributed by atoms with van der Waals surface area (Å²) in [5.74, 6) is 0. The van der Waals surface area contributed by atoms with Crippen LogP contribution in [-0.4, -0.2) is 25.8 Å². The largest absolute Gasteiger partial charge is 0.383 e. The highest BCUT2D eigenvalue weighted by Crippen LogP contribution is 1.96. The Morgan fingerprint density at radius 2 is 1.91 bits per heavy atom. The molecule has 0 fully saturated rings. The Hall–Kier alpha value is -0.0800. The molecule has 2 heteroatoms. The zero-order valence-electron chi connectivity index (χ0n) is 8.18. The third kappa shape index (κ3) is 5.22. The van der Waals surface area contributed by atoms with Gasteiger partial charge in [-0.15, -0.1) is 0 Å². The number of methoxy groups -OCH3 is 1. The number of hydrogen-bond acceptors (Lipinski definition) is 2. The Morgan fingerprint density at radius 3 is 2.27 bits per heavy atom. The highest BCUT2D eigenvalue weighted by molar-refractivity contribution is 4.68. The Labute approximate surface area is 70.3 Å². The van der Waals surface area contributed by atoms with Gasteiger partial charge in [-0.05, 0) is 19.8 Å². The normalized spacial score (nSPS) is 16.4. The molecule has 0 aliphatic heterocycles. The first-order chi connectivity index (χ1) is 5.24. The maximum atomic E-state index is 5.08. The first-order valence-corrected chi connectivity index (χ1v) is 4.49. The van der Waals surface area contributed by atoms with Crippen molar-refractivity contribution in [3.63, 3.8) is 0 Å². The second kappa shape index (κ2) is 6.62. The summed E-state index contributed by atoms with van der Waals surface area (Å²) in [5.41, 5.74) is 0. The fourth-order valence-electron chi connectivity index (χ4n) is 1.01. The lowest BCUT2D eigenvalue weighted by molar-refractivity contribution is 0.159. The summed E-state index contributed by atoms with van der Waals surface area (Å²) < 4.78 is 5.08. The summed E-state index contributed by atoms with van der Waals surface area (Å²) in [6, 6.07) is 1.13. The van der Waals surface area contributed by atoms with Crippen LogP contribution in [0.5, 0.6) is 0 Å². The molecule has 0 saturated heterocycles. The number of rotatable bonds is 6. The molecule has 0 rings (SSSR count). The van der Waals surface area contributed by atoms with Crippen molar-refractivity contribution in [2.75, 3.05) is 13.7 Å².